The second-order valence-electron chi connectivity index (χ2n) is 5.83. The molecule has 0 fully saturated rings. The number of aromatic nitrogens is 3. The highest BCUT2D eigenvalue weighted by Gasteiger charge is 2.12. The third-order valence-electron chi connectivity index (χ3n) is 3.81. The molecule has 1 aromatic carbocycles. The van der Waals surface area contributed by atoms with E-state index in [1.807, 2.05) is 37.3 Å². The molecule has 27 heavy (non-hydrogen) atoms. The van der Waals surface area contributed by atoms with Crippen LogP contribution in [0.5, 0.6) is 5.75 Å². The van der Waals surface area contributed by atoms with E-state index < -0.39 is 0 Å². The molecule has 8 heteroatoms. The minimum absolute atomic E-state index is 0.531. The number of thiazole rings is 1. The van der Waals surface area contributed by atoms with E-state index in [0.717, 1.165) is 52.4 Å². The summed E-state index contributed by atoms with van der Waals surface area (Å²) in [5.74, 6) is 1.31. The van der Waals surface area contributed by atoms with Crippen molar-refractivity contribution >= 4 is 28.1 Å². The highest BCUT2D eigenvalue weighted by molar-refractivity contribution is 7.19. The van der Waals surface area contributed by atoms with Crippen molar-refractivity contribution < 1.29 is 9.47 Å². The maximum Gasteiger partial charge on any atom is 0.227 e. The van der Waals surface area contributed by atoms with E-state index in [-0.39, 0.29) is 0 Å². The Labute approximate surface area is 162 Å². The van der Waals surface area contributed by atoms with Crippen LogP contribution in [0, 0.1) is 6.92 Å². The monoisotopic (exact) mass is 385 g/mol. The van der Waals surface area contributed by atoms with Crippen LogP contribution in [0.15, 0.2) is 36.5 Å². The predicted molar refractivity (Wildman–Crippen MR) is 109 cm³/mol. The summed E-state index contributed by atoms with van der Waals surface area (Å²) in [5, 5.41) is 7.44. The van der Waals surface area contributed by atoms with Crippen molar-refractivity contribution in [1.82, 2.24) is 15.0 Å². The van der Waals surface area contributed by atoms with Gasteiger partial charge in [0.05, 0.1) is 23.4 Å². The first-order valence-corrected chi connectivity index (χ1v) is 9.46. The molecular weight excluding hydrogens is 362 g/mol. The van der Waals surface area contributed by atoms with E-state index in [1.54, 1.807) is 31.8 Å². The summed E-state index contributed by atoms with van der Waals surface area (Å²) in [6.45, 7) is 3.55. The number of methoxy groups -OCH3 is 2. The number of hydrogen-bond donors (Lipinski definition) is 2. The van der Waals surface area contributed by atoms with Crippen LogP contribution in [0.25, 0.3) is 10.6 Å². The number of anilines is 3. The summed E-state index contributed by atoms with van der Waals surface area (Å²) in [5.41, 5.74) is 2.66. The Morgan fingerprint density at radius 2 is 2.04 bits per heavy atom. The third-order valence-corrected chi connectivity index (χ3v) is 4.95. The maximum absolute atomic E-state index is 5.25. The number of rotatable bonds is 9. The second-order valence-corrected chi connectivity index (χ2v) is 6.83. The summed E-state index contributed by atoms with van der Waals surface area (Å²) in [6, 6.07) is 9.55. The van der Waals surface area contributed by atoms with Crippen LogP contribution in [0.4, 0.5) is 16.8 Å². The smallest absolute Gasteiger partial charge is 0.227 e. The zero-order valence-electron chi connectivity index (χ0n) is 15.7. The Morgan fingerprint density at radius 3 is 2.85 bits per heavy atom. The van der Waals surface area contributed by atoms with Crippen LogP contribution < -0.4 is 15.4 Å². The Bertz CT molecular complexity index is 884. The molecule has 3 aromatic rings. The van der Waals surface area contributed by atoms with Crippen LogP contribution in [0.2, 0.25) is 0 Å². The molecule has 0 aliphatic heterocycles. The molecule has 0 aliphatic carbocycles. The Kier molecular flexibility index (Phi) is 6.56. The molecule has 0 saturated heterocycles. The Hall–Kier alpha value is -2.71. The standard InChI is InChI=1S/C19H23N5O2S/c1-13-17(27-19(22-13)21-9-5-11-25-2)16-8-10-20-18(24-16)23-14-6-4-7-15(12-14)26-3/h4,6-8,10,12H,5,9,11H2,1-3H3,(H,21,22)(H,20,23,24). The van der Waals surface area contributed by atoms with Crippen molar-refractivity contribution in [3.8, 4) is 16.3 Å². The summed E-state index contributed by atoms with van der Waals surface area (Å²) in [6.07, 6.45) is 2.68. The third kappa shape index (κ3) is 5.15. The SMILES string of the molecule is COCCCNc1nc(C)c(-c2ccnc(Nc3cccc(OC)c3)n2)s1. The fraction of sp³-hybridized carbons (Fsp3) is 0.316. The van der Waals surface area contributed by atoms with Gasteiger partial charge in [0.25, 0.3) is 0 Å². The number of ether oxygens (including phenoxy) is 2. The highest BCUT2D eigenvalue weighted by atomic mass is 32.1. The fourth-order valence-corrected chi connectivity index (χ4v) is 3.46. The lowest BCUT2D eigenvalue weighted by molar-refractivity contribution is 0.198. The molecule has 0 unspecified atom stereocenters. The average molecular weight is 385 g/mol. The first kappa shape index (κ1) is 19.1. The van der Waals surface area contributed by atoms with Gasteiger partial charge in [0.1, 0.15) is 5.75 Å². The van der Waals surface area contributed by atoms with Gasteiger partial charge in [-0.3, -0.25) is 0 Å². The highest BCUT2D eigenvalue weighted by Crippen LogP contribution is 2.32. The van der Waals surface area contributed by atoms with Crippen LogP contribution in [0.3, 0.4) is 0 Å². The molecule has 3 rings (SSSR count). The van der Waals surface area contributed by atoms with E-state index in [4.69, 9.17) is 9.47 Å². The Morgan fingerprint density at radius 1 is 1.15 bits per heavy atom. The number of aryl methyl sites for hydroxylation is 1. The number of nitrogens with one attached hydrogen (secondary N) is 2. The molecule has 2 aromatic heterocycles. The average Bonchev–Trinajstić information content (AvgIpc) is 3.06. The number of hydrogen-bond acceptors (Lipinski definition) is 8. The van der Waals surface area contributed by atoms with Crippen molar-refractivity contribution in [2.24, 2.45) is 0 Å². The summed E-state index contributed by atoms with van der Waals surface area (Å²) in [4.78, 5) is 14.6. The molecule has 0 saturated carbocycles. The molecule has 0 spiro atoms. The topological polar surface area (TPSA) is 81.2 Å². The lowest BCUT2D eigenvalue weighted by Gasteiger charge is -2.07. The van der Waals surface area contributed by atoms with Crippen molar-refractivity contribution in [3.63, 3.8) is 0 Å². The van der Waals surface area contributed by atoms with E-state index in [9.17, 15) is 0 Å². The fourth-order valence-electron chi connectivity index (χ4n) is 2.50. The number of nitrogens with zero attached hydrogens (tertiary/aromatic N) is 3. The molecule has 142 valence electrons. The van der Waals surface area contributed by atoms with Crippen molar-refractivity contribution in [3.05, 3.63) is 42.2 Å². The zero-order valence-corrected chi connectivity index (χ0v) is 16.5. The first-order chi connectivity index (χ1) is 13.2. The van der Waals surface area contributed by atoms with Crippen LogP contribution in [-0.2, 0) is 4.74 Å². The minimum Gasteiger partial charge on any atom is -0.497 e. The van der Waals surface area contributed by atoms with Gasteiger partial charge < -0.3 is 20.1 Å². The van der Waals surface area contributed by atoms with Gasteiger partial charge in [-0.2, -0.15) is 0 Å². The lowest BCUT2D eigenvalue weighted by atomic mass is 10.3. The molecule has 0 aliphatic rings. The van der Waals surface area contributed by atoms with Gasteiger partial charge in [0, 0.05) is 38.2 Å². The molecule has 0 amide bonds. The van der Waals surface area contributed by atoms with Crippen molar-refractivity contribution in [2.45, 2.75) is 13.3 Å². The lowest BCUT2D eigenvalue weighted by Crippen LogP contribution is -2.04. The van der Waals surface area contributed by atoms with E-state index in [0.29, 0.717) is 5.95 Å². The number of benzene rings is 1. The molecule has 0 atom stereocenters. The quantitative estimate of drug-likeness (QED) is 0.537. The molecule has 2 heterocycles. The maximum atomic E-state index is 5.25. The van der Waals surface area contributed by atoms with Crippen LogP contribution in [0.1, 0.15) is 12.1 Å². The molecule has 2 N–H and O–H groups in total. The van der Waals surface area contributed by atoms with Gasteiger partial charge >= 0.3 is 0 Å². The van der Waals surface area contributed by atoms with Crippen molar-refractivity contribution in [1.29, 1.82) is 0 Å². The van der Waals surface area contributed by atoms with Gasteiger partial charge in [-0.05, 0) is 31.5 Å². The van der Waals surface area contributed by atoms with E-state index in [1.165, 1.54) is 0 Å². The molecule has 0 bridgehead atoms. The minimum atomic E-state index is 0.531. The molecular formula is C19H23N5O2S. The summed E-state index contributed by atoms with van der Waals surface area (Å²) >= 11 is 1.59. The van der Waals surface area contributed by atoms with Gasteiger partial charge in [-0.1, -0.05) is 17.4 Å². The largest absolute Gasteiger partial charge is 0.497 e. The van der Waals surface area contributed by atoms with E-state index in [2.05, 4.69) is 25.6 Å². The molecule has 7 nitrogen and oxygen atoms in total. The van der Waals surface area contributed by atoms with Crippen LogP contribution >= 0.6 is 11.3 Å². The second kappa shape index (κ2) is 9.29. The van der Waals surface area contributed by atoms with Crippen LogP contribution in [-0.4, -0.2) is 42.3 Å². The van der Waals surface area contributed by atoms with Gasteiger partial charge in [-0.25, -0.2) is 15.0 Å². The van der Waals surface area contributed by atoms with Gasteiger partial charge in [-0.15, -0.1) is 0 Å². The van der Waals surface area contributed by atoms with Gasteiger partial charge in [0.2, 0.25) is 5.95 Å². The zero-order chi connectivity index (χ0) is 19.1. The first-order valence-electron chi connectivity index (χ1n) is 8.64. The Balaban J connectivity index is 1.74. The molecule has 0 radical (unpaired) electrons. The van der Waals surface area contributed by atoms with E-state index >= 15 is 0 Å². The normalized spacial score (nSPS) is 10.6. The predicted octanol–water partition coefficient (Wildman–Crippen LogP) is 4.11. The van der Waals surface area contributed by atoms with Crippen molar-refractivity contribution in [2.75, 3.05) is 38.0 Å². The van der Waals surface area contributed by atoms with Gasteiger partial charge in [0.15, 0.2) is 5.13 Å². The summed E-state index contributed by atoms with van der Waals surface area (Å²) < 4.78 is 10.3. The summed E-state index contributed by atoms with van der Waals surface area (Å²) in [7, 11) is 3.35.